The maximum atomic E-state index is 10.3. The molecule has 4 atom stereocenters. The summed E-state index contributed by atoms with van der Waals surface area (Å²) in [4.78, 5) is 2.11. The second kappa shape index (κ2) is 16.6. The van der Waals surface area contributed by atoms with Crippen LogP contribution in [0.25, 0.3) is 0 Å². The van der Waals surface area contributed by atoms with Crippen LogP contribution in [0.4, 0.5) is 0 Å². The summed E-state index contributed by atoms with van der Waals surface area (Å²) >= 11 is 3.31. The van der Waals surface area contributed by atoms with E-state index in [9.17, 15) is 10.2 Å². The number of benzene rings is 2. The molecular formula is C30H47BrN2O4. The minimum atomic E-state index is -0.339. The summed E-state index contributed by atoms with van der Waals surface area (Å²) in [5, 5.41) is 24.4. The summed E-state index contributed by atoms with van der Waals surface area (Å²) in [7, 11) is 7.16. The lowest BCUT2D eigenvalue weighted by molar-refractivity contribution is -0.123. The summed E-state index contributed by atoms with van der Waals surface area (Å²) in [6.07, 6.45) is 2.76. The van der Waals surface area contributed by atoms with Gasteiger partial charge in [0.1, 0.15) is 0 Å². The molecule has 0 amide bonds. The molecule has 3 N–H and O–H groups in total. The van der Waals surface area contributed by atoms with Crippen LogP contribution in [0.3, 0.4) is 0 Å². The molecule has 0 aromatic heterocycles. The van der Waals surface area contributed by atoms with E-state index in [0.29, 0.717) is 6.54 Å². The van der Waals surface area contributed by atoms with E-state index in [-0.39, 0.29) is 30.6 Å². The number of nitrogens with one attached hydrogen (secondary N) is 1. The van der Waals surface area contributed by atoms with Gasteiger partial charge in [0.05, 0.1) is 24.3 Å². The molecule has 6 nitrogen and oxygen atoms in total. The average molecular weight is 580 g/mol. The van der Waals surface area contributed by atoms with Crippen molar-refractivity contribution in [2.45, 2.75) is 70.1 Å². The number of fused-ring (bicyclic) bond motifs is 2. The minimum Gasteiger partial charge on any atom is -0.391 e. The van der Waals surface area contributed by atoms with Crippen molar-refractivity contribution in [3.63, 3.8) is 0 Å². The summed E-state index contributed by atoms with van der Waals surface area (Å²) in [5.41, 5.74) is 5.17. The number of alkyl halides is 1. The molecule has 208 valence electrons. The van der Waals surface area contributed by atoms with Crippen molar-refractivity contribution >= 4 is 15.9 Å². The summed E-state index contributed by atoms with van der Waals surface area (Å²) in [6.45, 7) is 4.98. The van der Waals surface area contributed by atoms with Crippen LogP contribution in [0.2, 0.25) is 0 Å². The molecule has 0 heterocycles. The van der Waals surface area contributed by atoms with E-state index in [4.69, 9.17) is 9.47 Å². The third kappa shape index (κ3) is 9.43. The van der Waals surface area contributed by atoms with Crippen LogP contribution >= 0.6 is 15.9 Å². The zero-order chi connectivity index (χ0) is 27.4. The maximum absolute atomic E-state index is 10.3. The Bertz CT molecular complexity index is 909. The Morgan fingerprint density at radius 3 is 1.92 bits per heavy atom. The van der Waals surface area contributed by atoms with E-state index >= 15 is 0 Å². The van der Waals surface area contributed by atoms with Gasteiger partial charge in [-0.05, 0) is 68.0 Å². The van der Waals surface area contributed by atoms with Gasteiger partial charge in [-0.1, -0.05) is 78.3 Å². The number of aryl methyl sites for hydroxylation is 2. The number of ether oxygens (including phenoxy) is 2. The van der Waals surface area contributed by atoms with Gasteiger partial charge < -0.3 is 25.0 Å². The van der Waals surface area contributed by atoms with Gasteiger partial charge in [-0.25, -0.2) is 0 Å². The lowest BCUT2D eigenvalue weighted by Crippen LogP contribution is -2.41. The molecule has 0 bridgehead atoms. The first kappa shape index (κ1) is 31.9. The van der Waals surface area contributed by atoms with Crippen molar-refractivity contribution in [3.8, 4) is 0 Å². The molecule has 0 unspecified atom stereocenters. The van der Waals surface area contributed by atoms with Crippen LogP contribution in [0, 0.1) is 5.92 Å². The number of hydrogen-bond acceptors (Lipinski definition) is 6. The van der Waals surface area contributed by atoms with Gasteiger partial charge in [-0.15, -0.1) is 0 Å². The predicted molar refractivity (Wildman–Crippen MR) is 155 cm³/mol. The summed E-state index contributed by atoms with van der Waals surface area (Å²) < 4.78 is 10.5. The lowest BCUT2D eigenvalue weighted by Gasteiger charge is -2.37. The number of aliphatic hydroxyl groups is 2. The van der Waals surface area contributed by atoms with Gasteiger partial charge in [0.15, 0.2) is 6.29 Å². The van der Waals surface area contributed by atoms with Crippen molar-refractivity contribution < 1.29 is 19.7 Å². The van der Waals surface area contributed by atoms with Gasteiger partial charge in [0.2, 0.25) is 0 Å². The van der Waals surface area contributed by atoms with Crippen molar-refractivity contribution in [1.29, 1.82) is 0 Å². The molecule has 2 aliphatic carbocycles. The average Bonchev–Trinajstić information content (AvgIpc) is 2.92. The highest BCUT2D eigenvalue weighted by Gasteiger charge is 2.32. The number of halogens is 1. The van der Waals surface area contributed by atoms with Crippen LogP contribution in [-0.2, 0) is 22.3 Å². The van der Waals surface area contributed by atoms with Crippen molar-refractivity contribution in [2.75, 3.05) is 40.2 Å². The van der Waals surface area contributed by atoms with Gasteiger partial charge in [-0.3, -0.25) is 4.90 Å². The number of hydrogen-bond donors (Lipinski definition) is 3. The third-order valence-electron chi connectivity index (χ3n) is 6.99. The standard InChI is InChI=1S/C15H23NO3.C11H15NO.C4H9Br/c1-16(10-14(18-2)19-3)15-12-7-5-4-6-11(12)8-9-13(15)17;1-12-11-9-5-3-2-4-8(9)6-7-10(11)13;1-4(2)3-5/h4-7,13-15,17H,8-10H2,1-3H3;2-5,10-13H,6-7H2,1H3;4H,3H2,1-2H3/t13-,15-;10-,11-;/m11./s1. The van der Waals surface area contributed by atoms with Gasteiger partial charge >= 0.3 is 0 Å². The number of aliphatic hydroxyl groups excluding tert-OH is 2. The van der Waals surface area contributed by atoms with Gasteiger partial charge in [0, 0.05) is 26.1 Å². The fraction of sp³-hybridized carbons (Fsp3) is 0.600. The molecule has 0 spiro atoms. The molecule has 0 radical (unpaired) electrons. The van der Waals surface area contributed by atoms with Crippen LogP contribution in [0.5, 0.6) is 0 Å². The second-order valence-electron chi connectivity index (χ2n) is 10.2. The van der Waals surface area contributed by atoms with Crippen LogP contribution in [0.15, 0.2) is 48.5 Å². The summed E-state index contributed by atoms with van der Waals surface area (Å²) in [6, 6.07) is 16.8. The fourth-order valence-corrected chi connectivity index (χ4v) is 4.93. The van der Waals surface area contributed by atoms with Crippen LogP contribution < -0.4 is 5.32 Å². The Morgan fingerprint density at radius 1 is 0.919 bits per heavy atom. The first-order chi connectivity index (χ1) is 17.8. The molecule has 0 aliphatic heterocycles. The van der Waals surface area contributed by atoms with Crippen molar-refractivity contribution in [1.82, 2.24) is 10.2 Å². The quantitative estimate of drug-likeness (QED) is 0.321. The highest BCUT2D eigenvalue weighted by molar-refractivity contribution is 9.09. The van der Waals surface area contributed by atoms with Crippen molar-refractivity contribution in [2.24, 2.45) is 5.92 Å². The van der Waals surface area contributed by atoms with Crippen molar-refractivity contribution in [3.05, 3.63) is 70.8 Å². The van der Waals surface area contributed by atoms with E-state index in [0.717, 1.165) is 36.9 Å². The SMILES string of the molecule is CC(C)CBr.CN[C@@H]1c2ccccc2CC[C@H]1O.COC(CN(C)[C@@H]1c2ccccc2CC[C@H]1O)OC. The number of rotatable bonds is 7. The number of likely N-dealkylation sites (N-methyl/N-ethyl adjacent to an activating group) is 2. The van der Waals surface area contributed by atoms with Gasteiger partial charge in [-0.2, -0.15) is 0 Å². The van der Waals surface area contributed by atoms with E-state index in [1.54, 1.807) is 14.2 Å². The topological polar surface area (TPSA) is 74.2 Å². The van der Waals surface area contributed by atoms with Gasteiger partial charge in [0.25, 0.3) is 0 Å². The molecule has 7 heteroatoms. The zero-order valence-electron chi connectivity index (χ0n) is 23.4. The molecule has 2 aromatic carbocycles. The monoisotopic (exact) mass is 578 g/mol. The zero-order valence-corrected chi connectivity index (χ0v) is 24.9. The highest BCUT2D eigenvalue weighted by Crippen LogP contribution is 2.34. The van der Waals surface area contributed by atoms with E-state index in [1.807, 2.05) is 26.2 Å². The largest absolute Gasteiger partial charge is 0.391 e. The molecule has 2 aliphatic rings. The first-order valence-electron chi connectivity index (χ1n) is 13.3. The predicted octanol–water partition coefficient (Wildman–Crippen LogP) is 4.88. The third-order valence-corrected chi connectivity index (χ3v) is 8.28. The second-order valence-corrected chi connectivity index (χ2v) is 10.9. The van der Waals surface area contributed by atoms with E-state index in [2.05, 4.69) is 76.4 Å². The molecule has 2 aromatic rings. The summed E-state index contributed by atoms with van der Waals surface area (Å²) in [5.74, 6) is 0.801. The smallest absolute Gasteiger partial charge is 0.169 e. The van der Waals surface area contributed by atoms with E-state index < -0.39 is 0 Å². The molecule has 37 heavy (non-hydrogen) atoms. The fourth-order valence-electron chi connectivity index (χ4n) is 4.93. The lowest BCUT2D eigenvalue weighted by atomic mass is 9.85. The Balaban J connectivity index is 0.000000230. The Labute approximate surface area is 232 Å². The van der Waals surface area contributed by atoms with Crippen LogP contribution in [0.1, 0.15) is 61.0 Å². The van der Waals surface area contributed by atoms with Crippen LogP contribution in [-0.4, -0.2) is 73.8 Å². The number of nitrogens with zero attached hydrogens (tertiary/aromatic N) is 1. The molecular weight excluding hydrogens is 532 g/mol. The van der Waals surface area contributed by atoms with E-state index in [1.165, 1.54) is 22.3 Å². The Kier molecular flexibility index (Phi) is 14.3. The molecule has 4 rings (SSSR count). The number of methoxy groups -OCH3 is 2. The highest BCUT2D eigenvalue weighted by atomic mass is 79.9. The minimum absolute atomic E-state index is 0.0118. The first-order valence-corrected chi connectivity index (χ1v) is 14.4. The Hall–Kier alpha value is -1.32. The normalized spacial score (nSPS) is 22.5. The molecule has 0 fully saturated rings. The Morgan fingerprint density at radius 2 is 1.41 bits per heavy atom. The molecule has 0 saturated heterocycles. The molecule has 0 saturated carbocycles. The maximum Gasteiger partial charge on any atom is 0.169 e.